The zero-order chi connectivity index (χ0) is 18.5. The Kier molecular flexibility index (Phi) is 5.68. The average Bonchev–Trinajstić information content (AvgIpc) is 3.17. The topological polar surface area (TPSA) is 88.6 Å². The number of hydrogen-bond acceptors (Lipinski definition) is 6. The molecule has 0 spiro atoms. The van der Waals surface area contributed by atoms with Crippen molar-refractivity contribution in [2.45, 2.75) is 32.2 Å². The number of nitrogens with one attached hydrogen (secondary N) is 1. The number of nitro groups is 1. The molecule has 0 amide bonds. The summed E-state index contributed by atoms with van der Waals surface area (Å²) < 4.78 is 5.61. The van der Waals surface area contributed by atoms with E-state index >= 15 is 0 Å². The molecule has 7 nitrogen and oxygen atoms in total. The van der Waals surface area contributed by atoms with E-state index in [9.17, 15) is 14.9 Å². The van der Waals surface area contributed by atoms with Gasteiger partial charge in [-0.15, -0.1) is 0 Å². The van der Waals surface area contributed by atoms with Gasteiger partial charge < -0.3 is 9.73 Å². The largest absolute Gasteiger partial charge is 0.468 e. The minimum absolute atomic E-state index is 0.0115. The van der Waals surface area contributed by atoms with Crippen molar-refractivity contribution in [2.75, 3.05) is 25.0 Å². The fourth-order valence-electron chi connectivity index (χ4n) is 3.38. The molecule has 0 radical (unpaired) electrons. The molecule has 1 atom stereocenters. The van der Waals surface area contributed by atoms with Crippen LogP contribution in [0.2, 0.25) is 0 Å². The third kappa shape index (κ3) is 4.11. The molecule has 1 N–H and O–H groups in total. The van der Waals surface area contributed by atoms with Crippen LogP contribution in [-0.2, 0) is 0 Å². The number of hydrogen-bond donors (Lipinski definition) is 1. The van der Waals surface area contributed by atoms with Gasteiger partial charge in [-0.3, -0.25) is 19.8 Å². The lowest BCUT2D eigenvalue weighted by Gasteiger charge is -2.33. The number of carbonyl (C=O) groups excluding carboxylic acids is 1. The van der Waals surface area contributed by atoms with Gasteiger partial charge in [-0.05, 0) is 57.1 Å². The van der Waals surface area contributed by atoms with Crippen molar-refractivity contribution in [3.05, 3.63) is 58.0 Å². The summed E-state index contributed by atoms with van der Waals surface area (Å²) >= 11 is 0. The van der Waals surface area contributed by atoms with Crippen LogP contribution < -0.4 is 5.32 Å². The minimum atomic E-state index is -0.461. The summed E-state index contributed by atoms with van der Waals surface area (Å²) in [7, 11) is 0. The summed E-state index contributed by atoms with van der Waals surface area (Å²) in [4.78, 5) is 24.8. The first-order valence-electron chi connectivity index (χ1n) is 8.87. The van der Waals surface area contributed by atoms with Crippen LogP contribution in [0, 0.1) is 10.1 Å². The van der Waals surface area contributed by atoms with E-state index in [0.717, 1.165) is 31.7 Å². The predicted molar refractivity (Wildman–Crippen MR) is 98.5 cm³/mol. The molecule has 1 aromatic carbocycles. The maximum Gasteiger partial charge on any atom is 0.293 e. The van der Waals surface area contributed by atoms with E-state index < -0.39 is 4.92 Å². The first-order valence-corrected chi connectivity index (χ1v) is 8.87. The summed E-state index contributed by atoms with van der Waals surface area (Å²) in [5.41, 5.74) is 0.656. The van der Waals surface area contributed by atoms with Crippen LogP contribution >= 0.6 is 0 Å². The zero-order valence-electron chi connectivity index (χ0n) is 14.8. The van der Waals surface area contributed by atoms with Crippen LogP contribution in [0.5, 0.6) is 0 Å². The summed E-state index contributed by atoms with van der Waals surface area (Å²) in [5, 5.41) is 14.6. The van der Waals surface area contributed by atoms with Crippen LogP contribution in [0.1, 0.15) is 48.3 Å². The molecule has 2 heterocycles. The normalized spacial score (nSPS) is 16.2. The fourth-order valence-corrected chi connectivity index (χ4v) is 3.38. The van der Waals surface area contributed by atoms with Crippen LogP contribution in [0.25, 0.3) is 0 Å². The lowest BCUT2D eigenvalue weighted by Crippen LogP contribution is -2.37. The number of carbonyl (C=O) groups is 1. The Labute approximate surface area is 152 Å². The van der Waals surface area contributed by atoms with Crippen molar-refractivity contribution >= 4 is 17.2 Å². The van der Waals surface area contributed by atoms with Crippen LogP contribution in [0.4, 0.5) is 11.4 Å². The number of likely N-dealkylation sites (tertiary alicyclic amines) is 1. The Morgan fingerprint density at radius 2 is 2.08 bits per heavy atom. The van der Waals surface area contributed by atoms with Crippen molar-refractivity contribution in [1.29, 1.82) is 0 Å². The van der Waals surface area contributed by atoms with Gasteiger partial charge in [0.25, 0.3) is 5.69 Å². The number of anilines is 1. The fraction of sp³-hybridized carbons (Fsp3) is 0.421. The van der Waals surface area contributed by atoms with E-state index in [1.165, 1.54) is 19.4 Å². The quantitative estimate of drug-likeness (QED) is 0.457. The summed E-state index contributed by atoms with van der Waals surface area (Å²) in [6, 6.07) is 8.35. The van der Waals surface area contributed by atoms with E-state index in [1.807, 2.05) is 12.1 Å². The molecule has 0 saturated carbocycles. The van der Waals surface area contributed by atoms with Crippen LogP contribution in [-0.4, -0.2) is 35.2 Å². The molecule has 1 aliphatic rings. The molecule has 1 aliphatic heterocycles. The third-order valence-corrected chi connectivity index (χ3v) is 4.79. The number of nitrogens with zero attached hydrogens (tertiary/aromatic N) is 2. The highest BCUT2D eigenvalue weighted by Gasteiger charge is 2.25. The highest BCUT2D eigenvalue weighted by atomic mass is 16.6. The standard InChI is InChI=1S/C19H23N3O4/c1-14(23)15-7-8-16(17(12-15)22(24)25)20-13-18(19-6-5-11-26-19)21-9-3-2-4-10-21/h5-8,11-12,18,20H,2-4,9-10,13H2,1H3/t18-/m0/s1. The monoisotopic (exact) mass is 357 g/mol. The van der Waals surface area contributed by atoms with Gasteiger partial charge in [-0.25, -0.2) is 0 Å². The molecule has 26 heavy (non-hydrogen) atoms. The van der Waals surface area contributed by atoms with Gasteiger partial charge in [0.15, 0.2) is 5.78 Å². The third-order valence-electron chi connectivity index (χ3n) is 4.79. The van der Waals surface area contributed by atoms with Crippen molar-refractivity contribution in [3.63, 3.8) is 0 Å². The molecular formula is C19H23N3O4. The predicted octanol–water partition coefficient (Wildman–Crippen LogP) is 4.03. The maximum atomic E-state index is 11.5. The number of furan rings is 1. The van der Waals surface area contributed by atoms with Gasteiger partial charge in [0.2, 0.25) is 0 Å². The molecule has 1 aromatic heterocycles. The Hall–Kier alpha value is -2.67. The van der Waals surface area contributed by atoms with Crippen molar-refractivity contribution in [3.8, 4) is 0 Å². The van der Waals surface area contributed by atoms with Gasteiger partial charge in [-0.1, -0.05) is 6.42 Å². The smallest absolute Gasteiger partial charge is 0.293 e. The van der Waals surface area contributed by atoms with E-state index in [4.69, 9.17) is 4.42 Å². The highest BCUT2D eigenvalue weighted by molar-refractivity contribution is 5.95. The van der Waals surface area contributed by atoms with E-state index in [2.05, 4.69) is 10.2 Å². The molecule has 0 bridgehead atoms. The molecule has 2 aromatic rings. The molecular weight excluding hydrogens is 334 g/mol. The summed E-state index contributed by atoms with van der Waals surface area (Å²) in [5.74, 6) is 0.656. The second-order valence-corrected chi connectivity index (χ2v) is 6.55. The van der Waals surface area contributed by atoms with Gasteiger partial charge in [0, 0.05) is 18.2 Å². The number of benzene rings is 1. The van der Waals surface area contributed by atoms with Gasteiger partial charge >= 0.3 is 0 Å². The van der Waals surface area contributed by atoms with Gasteiger partial charge in [-0.2, -0.15) is 0 Å². The van der Waals surface area contributed by atoms with Crippen molar-refractivity contribution in [2.24, 2.45) is 0 Å². The number of Topliss-reactive ketones (excluding diaryl/α,β-unsaturated/α-hetero) is 1. The average molecular weight is 357 g/mol. The molecule has 1 fully saturated rings. The SMILES string of the molecule is CC(=O)c1ccc(NC[C@@H](c2ccco2)N2CCCCC2)c([N+](=O)[O-])c1. The molecule has 0 aliphatic carbocycles. The zero-order valence-corrected chi connectivity index (χ0v) is 14.8. The molecule has 3 rings (SSSR count). The van der Waals surface area contributed by atoms with Crippen LogP contribution in [0.3, 0.4) is 0 Å². The first kappa shape index (κ1) is 18.1. The Morgan fingerprint density at radius 3 is 2.69 bits per heavy atom. The van der Waals surface area contributed by atoms with E-state index in [-0.39, 0.29) is 17.5 Å². The number of ketones is 1. The Morgan fingerprint density at radius 1 is 1.31 bits per heavy atom. The highest BCUT2D eigenvalue weighted by Crippen LogP contribution is 2.29. The Bertz CT molecular complexity index is 767. The second kappa shape index (κ2) is 8.14. The Balaban J connectivity index is 1.80. The van der Waals surface area contributed by atoms with E-state index in [0.29, 0.717) is 17.8 Å². The number of rotatable bonds is 7. The second-order valence-electron chi connectivity index (χ2n) is 6.55. The van der Waals surface area contributed by atoms with Crippen LogP contribution in [0.15, 0.2) is 41.0 Å². The minimum Gasteiger partial charge on any atom is -0.468 e. The van der Waals surface area contributed by atoms with Gasteiger partial charge in [0.05, 0.1) is 17.2 Å². The summed E-state index contributed by atoms with van der Waals surface area (Å²) in [6.45, 7) is 3.86. The number of piperidine rings is 1. The first-order chi connectivity index (χ1) is 12.6. The molecule has 1 saturated heterocycles. The van der Waals surface area contributed by atoms with Crippen molar-refractivity contribution < 1.29 is 14.1 Å². The van der Waals surface area contributed by atoms with E-state index in [1.54, 1.807) is 18.4 Å². The molecule has 7 heteroatoms. The molecule has 138 valence electrons. The lowest BCUT2D eigenvalue weighted by molar-refractivity contribution is -0.384. The van der Waals surface area contributed by atoms with Gasteiger partial charge in [0.1, 0.15) is 11.4 Å². The number of nitro benzene ring substituents is 1. The maximum absolute atomic E-state index is 11.5. The summed E-state index contributed by atoms with van der Waals surface area (Å²) in [6.07, 6.45) is 5.17. The lowest BCUT2D eigenvalue weighted by atomic mass is 10.1. The molecule has 0 unspecified atom stereocenters. The van der Waals surface area contributed by atoms with Crippen molar-refractivity contribution in [1.82, 2.24) is 4.90 Å².